The van der Waals surface area contributed by atoms with E-state index in [0.717, 1.165) is 41.1 Å². The number of fused-ring (bicyclic) bond motifs is 2. The van der Waals surface area contributed by atoms with E-state index >= 15 is 0 Å². The summed E-state index contributed by atoms with van der Waals surface area (Å²) in [4.78, 5) is 9.37. The molecule has 23 heavy (non-hydrogen) atoms. The monoisotopic (exact) mass is 305 g/mol. The van der Waals surface area contributed by atoms with Crippen LogP contribution in [-0.4, -0.2) is 23.6 Å². The number of hydrogen-bond acceptors (Lipinski definition) is 4. The van der Waals surface area contributed by atoms with Crippen molar-refractivity contribution >= 4 is 16.6 Å². The Morgan fingerprint density at radius 3 is 2.87 bits per heavy atom. The lowest BCUT2D eigenvalue weighted by Crippen LogP contribution is -2.19. The van der Waals surface area contributed by atoms with Crippen molar-refractivity contribution < 1.29 is 4.74 Å². The van der Waals surface area contributed by atoms with Gasteiger partial charge in [0.15, 0.2) is 0 Å². The van der Waals surface area contributed by atoms with E-state index in [0.29, 0.717) is 0 Å². The minimum Gasteiger partial charge on any atom is -0.497 e. The number of hydrogen-bond donors (Lipinski definition) is 1. The van der Waals surface area contributed by atoms with Crippen LogP contribution in [0.4, 0.5) is 5.69 Å². The van der Waals surface area contributed by atoms with Crippen molar-refractivity contribution in [3.05, 3.63) is 59.5 Å². The van der Waals surface area contributed by atoms with E-state index in [1.807, 2.05) is 19.1 Å². The third-order valence-electron chi connectivity index (χ3n) is 4.46. The summed E-state index contributed by atoms with van der Waals surface area (Å²) in [6.07, 6.45) is 1.01. The Bertz CT molecular complexity index is 876. The molecule has 0 aliphatic carbocycles. The molecule has 0 spiro atoms. The van der Waals surface area contributed by atoms with E-state index in [-0.39, 0.29) is 5.92 Å². The minimum atomic E-state index is 0.257. The maximum Gasteiger partial charge on any atom is 0.126 e. The largest absolute Gasteiger partial charge is 0.497 e. The third-order valence-corrected chi connectivity index (χ3v) is 4.46. The van der Waals surface area contributed by atoms with Crippen molar-refractivity contribution in [1.82, 2.24) is 9.97 Å². The van der Waals surface area contributed by atoms with Gasteiger partial charge in [-0.05, 0) is 43.2 Å². The van der Waals surface area contributed by atoms with Crippen molar-refractivity contribution in [2.75, 3.05) is 19.0 Å². The van der Waals surface area contributed by atoms with Gasteiger partial charge in [-0.2, -0.15) is 0 Å². The molecule has 0 amide bonds. The Kier molecular flexibility index (Phi) is 3.37. The van der Waals surface area contributed by atoms with Crippen LogP contribution in [0.25, 0.3) is 10.9 Å². The highest BCUT2D eigenvalue weighted by Gasteiger charge is 2.25. The predicted molar refractivity (Wildman–Crippen MR) is 92.2 cm³/mol. The quantitative estimate of drug-likeness (QED) is 0.780. The average Bonchev–Trinajstić information content (AvgIpc) is 2.60. The number of nitrogens with one attached hydrogen (secondary N) is 1. The first-order valence-electron chi connectivity index (χ1n) is 7.91. The fraction of sp³-hybridized carbons (Fsp3) is 0.263. The molecule has 0 saturated heterocycles. The van der Waals surface area contributed by atoms with Crippen molar-refractivity contribution in [3.8, 4) is 5.75 Å². The maximum absolute atomic E-state index is 5.42. The summed E-state index contributed by atoms with van der Waals surface area (Å²) < 4.78 is 5.42. The number of aryl methyl sites for hydroxylation is 1. The first kappa shape index (κ1) is 14.0. The van der Waals surface area contributed by atoms with Crippen LogP contribution in [0.3, 0.4) is 0 Å². The summed E-state index contributed by atoms with van der Waals surface area (Å²) in [6.45, 7) is 2.91. The number of benzene rings is 2. The Balaban J connectivity index is 1.93. The molecule has 0 saturated carbocycles. The molecule has 1 aromatic heterocycles. The molecule has 3 aromatic rings. The van der Waals surface area contributed by atoms with E-state index in [2.05, 4.69) is 40.6 Å². The first-order valence-corrected chi connectivity index (χ1v) is 7.91. The highest BCUT2D eigenvalue weighted by molar-refractivity contribution is 5.82. The van der Waals surface area contributed by atoms with Gasteiger partial charge >= 0.3 is 0 Å². The molecule has 1 atom stereocenters. The summed E-state index contributed by atoms with van der Waals surface area (Å²) in [5.74, 6) is 1.96. The highest BCUT2D eigenvalue weighted by atomic mass is 16.5. The molecule has 0 bridgehead atoms. The van der Waals surface area contributed by atoms with Gasteiger partial charge < -0.3 is 10.1 Å². The lowest BCUT2D eigenvalue weighted by molar-refractivity contribution is 0.414. The minimum absolute atomic E-state index is 0.257. The zero-order chi connectivity index (χ0) is 15.8. The van der Waals surface area contributed by atoms with E-state index in [9.17, 15) is 0 Å². The lowest BCUT2D eigenvalue weighted by atomic mass is 9.86. The van der Waals surface area contributed by atoms with Gasteiger partial charge in [-0.25, -0.2) is 9.97 Å². The molecule has 116 valence electrons. The van der Waals surface area contributed by atoms with E-state index < -0.39 is 0 Å². The second kappa shape index (κ2) is 5.54. The molecule has 1 aliphatic heterocycles. The average molecular weight is 305 g/mol. The van der Waals surface area contributed by atoms with Crippen molar-refractivity contribution in [2.24, 2.45) is 0 Å². The summed E-state index contributed by atoms with van der Waals surface area (Å²) in [7, 11) is 1.71. The van der Waals surface area contributed by atoms with Crippen LogP contribution in [0.5, 0.6) is 5.75 Å². The molecule has 0 fully saturated rings. The SMILES string of the molecule is COc1ccc2c(c1)C(c1nc(C)nc3ccccc13)CCN2. The van der Waals surface area contributed by atoms with Crippen LogP contribution < -0.4 is 10.1 Å². The molecule has 0 radical (unpaired) electrons. The van der Waals surface area contributed by atoms with Crippen LogP contribution in [0, 0.1) is 6.92 Å². The number of ether oxygens (including phenoxy) is 1. The molecule has 4 heteroatoms. The summed E-state index contributed by atoms with van der Waals surface area (Å²) in [5, 5.41) is 4.62. The summed E-state index contributed by atoms with van der Waals surface area (Å²) >= 11 is 0. The third kappa shape index (κ3) is 2.40. The Morgan fingerprint density at radius 1 is 1.13 bits per heavy atom. The Morgan fingerprint density at radius 2 is 2.00 bits per heavy atom. The lowest BCUT2D eigenvalue weighted by Gasteiger charge is -2.27. The van der Waals surface area contributed by atoms with E-state index in [1.54, 1.807) is 7.11 Å². The van der Waals surface area contributed by atoms with Gasteiger partial charge in [-0.3, -0.25) is 0 Å². The number of rotatable bonds is 2. The smallest absolute Gasteiger partial charge is 0.126 e. The molecular formula is C19H19N3O. The summed E-state index contributed by atoms with van der Waals surface area (Å²) in [6, 6.07) is 14.5. The topological polar surface area (TPSA) is 47.0 Å². The molecule has 4 nitrogen and oxygen atoms in total. The van der Waals surface area contributed by atoms with Gasteiger partial charge in [-0.1, -0.05) is 18.2 Å². The molecule has 1 unspecified atom stereocenters. The zero-order valence-electron chi connectivity index (χ0n) is 13.3. The second-order valence-electron chi connectivity index (χ2n) is 5.89. The van der Waals surface area contributed by atoms with E-state index in [4.69, 9.17) is 9.72 Å². The fourth-order valence-corrected chi connectivity index (χ4v) is 3.39. The standard InChI is InChI=1S/C19H19N3O/c1-12-21-18-6-4-3-5-15(18)19(22-12)14-9-10-20-17-8-7-13(23-2)11-16(14)17/h3-8,11,14,20H,9-10H2,1-2H3. The van der Waals surface area contributed by atoms with Crippen molar-refractivity contribution in [2.45, 2.75) is 19.3 Å². The van der Waals surface area contributed by atoms with Gasteiger partial charge in [-0.15, -0.1) is 0 Å². The van der Waals surface area contributed by atoms with Gasteiger partial charge in [0.05, 0.1) is 18.3 Å². The fourth-order valence-electron chi connectivity index (χ4n) is 3.39. The molecule has 2 heterocycles. The zero-order valence-corrected chi connectivity index (χ0v) is 13.3. The number of methoxy groups -OCH3 is 1. The van der Waals surface area contributed by atoms with Crippen LogP contribution in [0.15, 0.2) is 42.5 Å². The van der Waals surface area contributed by atoms with Crippen LogP contribution in [0.1, 0.15) is 29.4 Å². The van der Waals surface area contributed by atoms with Crippen LogP contribution >= 0.6 is 0 Å². The Labute approximate surface area is 135 Å². The molecule has 4 rings (SSSR count). The van der Waals surface area contributed by atoms with Gasteiger partial charge in [0.1, 0.15) is 11.6 Å². The predicted octanol–water partition coefficient (Wildman–Crippen LogP) is 3.89. The number of nitrogens with zero attached hydrogens (tertiary/aromatic N) is 2. The number of aromatic nitrogens is 2. The van der Waals surface area contributed by atoms with E-state index in [1.165, 1.54) is 11.3 Å². The molecule has 1 N–H and O–H groups in total. The van der Waals surface area contributed by atoms with Crippen molar-refractivity contribution in [3.63, 3.8) is 0 Å². The van der Waals surface area contributed by atoms with Gasteiger partial charge in [0.25, 0.3) is 0 Å². The Hall–Kier alpha value is -2.62. The first-order chi connectivity index (χ1) is 11.3. The van der Waals surface area contributed by atoms with Gasteiger partial charge in [0.2, 0.25) is 0 Å². The molecule has 1 aliphatic rings. The number of para-hydroxylation sites is 1. The van der Waals surface area contributed by atoms with Gasteiger partial charge in [0, 0.05) is 23.5 Å². The van der Waals surface area contributed by atoms with Crippen LogP contribution in [0.2, 0.25) is 0 Å². The molecule has 2 aromatic carbocycles. The number of anilines is 1. The maximum atomic E-state index is 5.42. The highest BCUT2D eigenvalue weighted by Crippen LogP contribution is 2.39. The normalized spacial score (nSPS) is 16.7. The second-order valence-corrected chi connectivity index (χ2v) is 5.89. The van der Waals surface area contributed by atoms with Crippen LogP contribution in [-0.2, 0) is 0 Å². The molecular weight excluding hydrogens is 286 g/mol. The summed E-state index contributed by atoms with van der Waals surface area (Å²) in [5.41, 5.74) is 4.54. The van der Waals surface area contributed by atoms with Crippen molar-refractivity contribution in [1.29, 1.82) is 0 Å².